The molecule has 2 rings (SSSR count). The smallest absolute Gasteiger partial charge is 0.255 e. The minimum atomic E-state index is -0.341. The fourth-order valence-electron chi connectivity index (χ4n) is 2.36. The number of primary amides is 1. The average molecular weight is 341 g/mol. The number of hydrogen-bond acceptors (Lipinski definition) is 3. The van der Waals surface area contributed by atoms with Crippen molar-refractivity contribution in [1.29, 1.82) is 0 Å². The van der Waals surface area contributed by atoms with Crippen LogP contribution in [0.1, 0.15) is 23.2 Å². The zero-order valence-corrected chi connectivity index (χ0v) is 12.9. The first-order valence-electron chi connectivity index (χ1n) is 6.45. The van der Waals surface area contributed by atoms with Gasteiger partial charge in [-0.15, -0.1) is 0 Å². The fourth-order valence-corrected chi connectivity index (χ4v) is 2.78. The van der Waals surface area contributed by atoms with E-state index in [4.69, 9.17) is 10.5 Å². The van der Waals surface area contributed by atoms with Gasteiger partial charge in [-0.1, -0.05) is 0 Å². The maximum Gasteiger partial charge on any atom is 0.255 e. The quantitative estimate of drug-likeness (QED) is 0.911. The summed E-state index contributed by atoms with van der Waals surface area (Å²) in [6.07, 6.45) is 1.54. The monoisotopic (exact) mass is 340 g/mol. The number of rotatable bonds is 3. The van der Waals surface area contributed by atoms with Crippen LogP contribution in [0.2, 0.25) is 0 Å². The Kier molecular flexibility index (Phi) is 4.65. The molecule has 1 aromatic carbocycles. The molecule has 0 radical (unpaired) electrons. The van der Waals surface area contributed by atoms with Gasteiger partial charge < -0.3 is 15.4 Å². The number of halogens is 1. The Hall–Kier alpha value is -1.56. The zero-order chi connectivity index (χ0) is 14.7. The molecule has 2 N–H and O–H groups in total. The second-order valence-electron chi connectivity index (χ2n) is 4.84. The molecule has 1 saturated heterocycles. The Morgan fingerprint density at radius 3 is 2.85 bits per heavy atom. The lowest BCUT2D eigenvalue weighted by Gasteiger charge is -2.31. The van der Waals surface area contributed by atoms with Gasteiger partial charge in [0.1, 0.15) is 5.75 Å². The summed E-state index contributed by atoms with van der Waals surface area (Å²) in [7, 11) is 1.56. The highest BCUT2D eigenvalue weighted by atomic mass is 79.9. The molecule has 1 unspecified atom stereocenters. The molecule has 1 aromatic rings. The number of carbonyl (C=O) groups excluding carboxylic acids is 2. The van der Waals surface area contributed by atoms with Gasteiger partial charge in [-0.05, 0) is 47.0 Å². The number of ether oxygens (including phenoxy) is 1. The van der Waals surface area contributed by atoms with Gasteiger partial charge in [-0.2, -0.15) is 0 Å². The van der Waals surface area contributed by atoms with Crippen molar-refractivity contribution in [3.05, 3.63) is 28.2 Å². The number of benzene rings is 1. The van der Waals surface area contributed by atoms with Gasteiger partial charge in [-0.3, -0.25) is 9.59 Å². The maximum absolute atomic E-state index is 12.5. The molecule has 108 valence electrons. The van der Waals surface area contributed by atoms with Crippen LogP contribution in [-0.2, 0) is 4.79 Å². The van der Waals surface area contributed by atoms with Crippen LogP contribution in [0.25, 0.3) is 0 Å². The Bertz CT molecular complexity index is 533. The van der Waals surface area contributed by atoms with E-state index in [0.29, 0.717) is 28.9 Å². The number of nitrogens with zero attached hydrogens (tertiary/aromatic N) is 1. The molecule has 5 nitrogen and oxygen atoms in total. The first-order chi connectivity index (χ1) is 9.52. The summed E-state index contributed by atoms with van der Waals surface area (Å²) in [5, 5.41) is 0. The third-order valence-electron chi connectivity index (χ3n) is 3.51. The Morgan fingerprint density at radius 2 is 2.20 bits per heavy atom. The molecule has 0 spiro atoms. The van der Waals surface area contributed by atoms with Gasteiger partial charge in [0, 0.05) is 17.6 Å². The number of methoxy groups -OCH3 is 1. The molecule has 1 heterocycles. The Morgan fingerprint density at radius 1 is 1.45 bits per heavy atom. The van der Waals surface area contributed by atoms with E-state index in [1.54, 1.807) is 30.2 Å². The lowest BCUT2D eigenvalue weighted by atomic mass is 9.97. The highest BCUT2D eigenvalue weighted by Crippen LogP contribution is 2.26. The van der Waals surface area contributed by atoms with Crippen LogP contribution >= 0.6 is 15.9 Å². The third-order valence-corrected chi connectivity index (χ3v) is 4.21. The number of nitrogens with two attached hydrogens (primary N) is 1. The number of likely N-dealkylation sites (tertiary alicyclic amines) is 1. The minimum absolute atomic E-state index is 0.110. The summed E-state index contributed by atoms with van der Waals surface area (Å²) in [5.74, 6) is -0.0778. The summed E-state index contributed by atoms with van der Waals surface area (Å²) >= 11 is 3.38. The largest absolute Gasteiger partial charge is 0.497 e. The van der Waals surface area contributed by atoms with E-state index in [-0.39, 0.29) is 17.7 Å². The van der Waals surface area contributed by atoms with Crippen molar-refractivity contribution in [2.75, 3.05) is 20.2 Å². The van der Waals surface area contributed by atoms with Gasteiger partial charge in [0.2, 0.25) is 5.91 Å². The minimum Gasteiger partial charge on any atom is -0.497 e. The zero-order valence-electron chi connectivity index (χ0n) is 11.3. The van der Waals surface area contributed by atoms with Crippen molar-refractivity contribution >= 4 is 27.7 Å². The topological polar surface area (TPSA) is 72.6 Å². The molecule has 1 atom stereocenters. The second-order valence-corrected chi connectivity index (χ2v) is 5.69. The van der Waals surface area contributed by atoms with Gasteiger partial charge in [0.05, 0.1) is 18.6 Å². The molecule has 6 heteroatoms. The number of hydrogen-bond donors (Lipinski definition) is 1. The van der Waals surface area contributed by atoms with Gasteiger partial charge >= 0.3 is 0 Å². The predicted octanol–water partition coefficient (Wildman–Crippen LogP) is 1.80. The van der Waals surface area contributed by atoms with E-state index < -0.39 is 0 Å². The van der Waals surface area contributed by atoms with Crippen molar-refractivity contribution in [1.82, 2.24) is 4.90 Å². The van der Waals surface area contributed by atoms with E-state index >= 15 is 0 Å². The highest BCUT2D eigenvalue weighted by molar-refractivity contribution is 9.10. The highest BCUT2D eigenvalue weighted by Gasteiger charge is 2.28. The summed E-state index contributed by atoms with van der Waals surface area (Å²) in [6.45, 7) is 1.03. The molecular weight excluding hydrogens is 324 g/mol. The standard InChI is InChI=1S/C14H17BrN2O3/c1-20-10-4-5-12(15)11(7-10)14(19)17-6-2-3-9(8-17)13(16)18/h4-5,7,9H,2-3,6,8H2,1H3,(H2,16,18). The normalized spacial score (nSPS) is 18.7. The van der Waals surface area contributed by atoms with Gasteiger partial charge in [-0.25, -0.2) is 0 Å². The summed E-state index contributed by atoms with van der Waals surface area (Å²) < 4.78 is 5.85. The van der Waals surface area contributed by atoms with Crippen LogP contribution in [0.3, 0.4) is 0 Å². The first-order valence-corrected chi connectivity index (χ1v) is 7.24. The van der Waals surface area contributed by atoms with Crippen molar-refractivity contribution in [2.45, 2.75) is 12.8 Å². The van der Waals surface area contributed by atoms with E-state index in [0.717, 1.165) is 12.8 Å². The Labute approximate surface area is 126 Å². The lowest BCUT2D eigenvalue weighted by molar-refractivity contribution is -0.123. The van der Waals surface area contributed by atoms with Crippen molar-refractivity contribution in [3.63, 3.8) is 0 Å². The number of carbonyl (C=O) groups is 2. The molecule has 0 saturated carbocycles. The molecule has 20 heavy (non-hydrogen) atoms. The molecule has 0 aromatic heterocycles. The molecule has 0 aliphatic carbocycles. The maximum atomic E-state index is 12.5. The van der Waals surface area contributed by atoms with Crippen molar-refractivity contribution < 1.29 is 14.3 Å². The van der Waals surface area contributed by atoms with Crippen LogP contribution in [0, 0.1) is 5.92 Å². The first kappa shape index (κ1) is 14.8. The second kappa shape index (κ2) is 6.26. The summed E-state index contributed by atoms with van der Waals surface area (Å²) in [5.41, 5.74) is 5.87. The van der Waals surface area contributed by atoms with E-state index in [9.17, 15) is 9.59 Å². The summed E-state index contributed by atoms with van der Waals surface area (Å²) in [6, 6.07) is 5.26. The molecule has 1 aliphatic heterocycles. The molecule has 1 aliphatic rings. The van der Waals surface area contributed by atoms with E-state index in [1.807, 2.05) is 0 Å². The van der Waals surface area contributed by atoms with Crippen LogP contribution in [0.4, 0.5) is 0 Å². The predicted molar refractivity (Wildman–Crippen MR) is 78.5 cm³/mol. The van der Waals surface area contributed by atoms with Crippen LogP contribution < -0.4 is 10.5 Å². The van der Waals surface area contributed by atoms with Crippen molar-refractivity contribution in [3.8, 4) is 5.75 Å². The van der Waals surface area contributed by atoms with Crippen LogP contribution in [-0.4, -0.2) is 36.9 Å². The SMILES string of the molecule is COc1ccc(Br)c(C(=O)N2CCCC(C(N)=O)C2)c1. The van der Waals surface area contributed by atoms with Crippen LogP contribution in [0.15, 0.2) is 22.7 Å². The third kappa shape index (κ3) is 3.12. The number of amides is 2. The summed E-state index contributed by atoms with van der Waals surface area (Å²) in [4.78, 5) is 25.5. The Balaban J connectivity index is 2.20. The molecular formula is C14H17BrN2O3. The molecule has 0 bridgehead atoms. The average Bonchev–Trinajstić information content (AvgIpc) is 2.47. The van der Waals surface area contributed by atoms with Crippen molar-refractivity contribution in [2.24, 2.45) is 11.7 Å². The molecule has 1 fully saturated rings. The van der Waals surface area contributed by atoms with Gasteiger partial charge in [0.15, 0.2) is 0 Å². The molecule has 2 amide bonds. The van der Waals surface area contributed by atoms with E-state index in [2.05, 4.69) is 15.9 Å². The van der Waals surface area contributed by atoms with E-state index in [1.165, 1.54) is 0 Å². The fraction of sp³-hybridized carbons (Fsp3) is 0.429. The van der Waals surface area contributed by atoms with Crippen LogP contribution in [0.5, 0.6) is 5.75 Å². The number of piperidine rings is 1. The lowest BCUT2D eigenvalue weighted by Crippen LogP contribution is -2.44. The van der Waals surface area contributed by atoms with Gasteiger partial charge in [0.25, 0.3) is 5.91 Å².